The zero-order chi connectivity index (χ0) is 8.48. The Hall–Kier alpha value is -0.370. The van der Waals surface area contributed by atoms with E-state index in [0.717, 1.165) is 19.1 Å². The van der Waals surface area contributed by atoms with E-state index in [0.29, 0.717) is 5.92 Å². The van der Waals surface area contributed by atoms with Crippen molar-refractivity contribution in [3.63, 3.8) is 0 Å². The van der Waals surface area contributed by atoms with Crippen LogP contribution in [0.15, 0.2) is 0 Å². The average molecular weight is 156 g/mol. The second-order valence-electron chi connectivity index (χ2n) is 3.87. The molecule has 0 aromatic rings. The minimum atomic E-state index is -0.491. The summed E-state index contributed by atoms with van der Waals surface area (Å²) in [4.78, 5) is 10.6. The standard InChI is InChI=1S/C9H16O2/c1-7(2)8-4-5-9(3,6-10)11-8/h6-8H,4-5H2,1-3H3. The van der Waals surface area contributed by atoms with E-state index in [4.69, 9.17) is 4.74 Å². The Morgan fingerprint density at radius 3 is 2.55 bits per heavy atom. The van der Waals surface area contributed by atoms with Crippen LogP contribution < -0.4 is 0 Å². The van der Waals surface area contributed by atoms with Gasteiger partial charge in [0, 0.05) is 0 Å². The summed E-state index contributed by atoms with van der Waals surface area (Å²) in [7, 11) is 0. The van der Waals surface area contributed by atoms with Gasteiger partial charge in [0.2, 0.25) is 0 Å². The van der Waals surface area contributed by atoms with E-state index in [1.807, 2.05) is 6.92 Å². The maximum absolute atomic E-state index is 10.6. The molecule has 0 amide bonds. The van der Waals surface area contributed by atoms with E-state index in [2.05, 4.69) is 13.8 Å². The molecule has 0 spiro atoms. The van der Waals surface area contributed by atoms with Crippen molar-refractivity contribution in [2.45, 2.75) is 45.3 Å². The third kappa shape index (κ3) is 1.80. The second-order valence-corrected chi connectivity index (χ2v) is 3.87. The van der Waals surface area contributed by atoms with E-state index in [-0.39, 0.29) is 6.10 Å². The number of ether oxygens (including phenoxy) is 1. The lowest BCUT2D eigenvalue weighted by atomic mass is 10.0. The number of rotatable bonds is 2. The van der Waals surface area contributed by atoms with Crippen LogP contribution in [0.1, 0.15) is 33.6 Å². The van der Waals surface area contributed by atoms with Gasteiger partial charge in [0.25, 0.3) is 0 Å². The number of carbonyl (C=O) groups excluding carboxylic acids is 1. The van der Waals surface area contributed by atoms with Crippen molar-refractivity contribution in [1.29, 1.82) is 0 Å². The highest BCUT2D eigenvalue weighted by molar-refractivity contribution is 5.62. The molecular weight excluding hydrogens is 140 g/mol. The van der Waals surface area contributed by atoms with Gasteiger partial charge < -0.3 is 9.53 Å². The summed E-state index contributed by atoms with van der Waals surface area (Å²) in [5, 5.41) is 0. The fourth-order valence-electron chi connectivity index (χ4n) is 1.45. The highest BCUT2D eigenvalue weighted by Gasteiger charge is 2.36. The predicted octanol–water partition coefficient (Wildman–Crippen LogP) is 1.78. The smallest absolute Gasteiger partial charge is 0.151 e. The van der Waals surface area contributed by atoms with Crippen LogP contribution in [0, 0.1) is 5.92 Å². The summed E-state index contributed by atoms with van der Waals surface area (Å²) in [6.07, 6.45) is 3.10. The third-order valence-corrected chi connectivity index (χ3v) is 2.34. The third-order valence-electron chi connectivity index (χ3n) is 2.34. The molecule has 1 heterocycles. The first-order valence-electron chi connectivity index (χ1n) is 4.21. The Morgan fingerprint density at radius 2 is 2.27 bits per heavy atom. The number of aldehydes is 1. The molecule has 2 heteroatoms. The van der Waals surface area contributed by atoms with E-state index in [1.54, 1.807) is 0 Å². The summed E-state index contributed by atoms with van der Waals surface area (Å²) >= 11 is 0. The van der Waals surface area contributed by atoms with Gasteiger partial charge >= 0.3 is 0 Å². The van der Waals surface area contributed by atoms with Crippen LogP contribution in [0.4, 0.5) is 0 Å². The summed E-state index contributed by atoms with van der Waals surface area (Å²) in [5.41, 5.74) is -0.491. The van der Waals surface area contributed by atoms with E-state index in [1.165, 1.54) is 0 Å². The average Bonchev–Trinajstić information content (AvgIpc) is 2.33. The lowest BCUT2D eigenvalue weighted by Gasteiger charge is -2.19. The molecule has 0 N–H and O–H groups in total. The Balaban J connectivity index is 2.52. The molecule has 0 saturated carbocycles. The van der Waals surface area contributed by atoms with Gasteiger partial charge in [-0.05, 0) is 25.7 Å². The molecule has 0 radical (unpaired) electrons. The largest absolute Gasteiger partial charge is 0.364 e. The fourth-order valence-corrected chi connectivity index (χ4v) is 1.45. The molecule has 1 rings (SSSR count). The molecule has 1 aliphatic heterocycles. The molecule has 0 aromatic heterocycles. The van der Waals surface area contributed by atoms with Crippen LogP contribution >= 0.6 is 0 Å². The molecule has 2 unspecified atom stereocenters. The Morgan fingerprint density at radius 1 is 1.64 bits per heavy atom. The molecule has 2 atom stereocenters. The fraction of sp³-hybridized carbons (Fsp3) is 0.889. The summed E-state index contributed by atoms with van der Waals surface area (Å²) in [6, 6.07) is 0. The molecule has 0 bridgehead atoms. The molecular formula is C9H16O2. The van der Waals surface area contributed by atoms with E-state index < -0.39 is 5.60 Å². The van der Waals surface area contributed by atoms with Crippen LogP contribution in [-0.4, -0.2) is 18.0 Å². The van der Waals surface area contributed by atoms with Crippen molar-refractivity contribution in [3.8, 4) is 0 Å². The predicted molar refractivity (Wildman–Crippen MR) is 43.4 cm³/mol. The van der Waals surface area contributed by atoms with Crippen LogP contribution in [-0.2, 0) is 9.53 Å². The lowest BCUT2D eigenvalue weighted by Crippen LogP contribution is -2.28. The van der Waals surface area contributed by atoms with Crippen molar-refractivity contribution < 1.29 is 9.53 Å². The van der Waals surface area contributed by atoms with Crippen molar-refractivity contribution >= 4 is 6.29 Å². The van der Waals surface area contributed by atoms with Crippen molar-refractivity contribution in [1.82, 2.24) is 0 Å². The summed E-state index contributed by atoms with van der Waals surface area (Å²) < 4.78 is 5.59. The minimum Gasteiger partial charge on any atom is -0.364 e. The molecule has 1 fully saturated rings. The zero-order valence-electron chi connectivity index (χ0n) is 7.46. The monoisotopic (exact) mass is 156 g/mol. The normalized spacial score (nSPS) is 38.0. The molecule has 11 heavy (non-hydrogen) atoms. The van der Waals surface area contributed by atoms with Crippen LogP contribution in [0.25, 0.3) is 0 Å². The van der Waals surface area contributed by atoms with Gasteiger partial charge in [-0.15, -0.1) is 0 Å². The number of hydrogen-bond donors (Lipinski definition) is 0. The molecule has 2 nitrogen and oxygen atoms in total. The first kappa shape index (κ1) is 8.72. The lowest BCUT2D eigenvalue weighted by molar-refractivity contribution is -0.129. The van der Waals surface area contributed by atoms with E-state index >= 15 is 0 Å². The first-order valence-corrected chi connectivity index (χ1v) is 4.21. The van der Waals surface area contributed by atoms with Gasteiger partial charge in [-0.2, -0.15) is 0 Å². The first-order chi connectivity index (χ1) is 5.07. The Kier molecular flexibility index (Phi) is 2.33. The van der Waals surface area contributed by atoms with Gasteiger partial charge in [-0.25, -0.2) is 0 Å². The quantitative estimate of drug-likeness (QED) is 0.570. The van der Waals surface area contributed by atoms with E-state index in [9.17, 15) is 4.79 Å². The molecule has 1 saturated heterocycles. The summed E-state index contributed by atoms with van der Waals surface area (Å²) in [6.45, 7) is 6.12. The van der Waals surface area contributed by atoms with Crippen LogP contribution in [0.5, 0.6) is 0 Å². The molecule has 0 aromatic carbocycles. The zero-order valence-corrected chi connectivity index (χ0v) is 7.46. The summed E-state index contributed by atoms with van der Waals surface area (Å²) in [5.74, 6) is 0.525. The highest BCUT2D eigenvalue weighted by Crippen LogP contribution is 2.31. The van der Waals surface area contributed by atoms with Gasteiger partial charge in [-0.3, -0.25) is 0 Å². The maximum Gasteiger partial charge on any atom is 0.151 e. The van der Waals surface area contributed by atoms with Crippen molar-refractivity contribution in [2.24, 2.45) is 5.92 Å². The van der Waals surface area contributed by atoms with Crippen molar-refractivity contribution in [3.05, 3.63) is 0 Å². The Labute approximate surface area is 67.9 Å². The second kappa shape index (κ2) is 2.94. The van der Waals surface area contributed by atoms with Gasteiger partial charge in [0.05, 0.1) is 6.10 Å². The Bertz CT molecular complexity index is 154. The highest BCUT2D eigenvalue weighted by atomic mass is 16.5. The molecule has 64 valence electrons. The van der Waals surface area contributed by atoms with Gasteiger partial charge in [0.15, 0.2) is 6.29 Å². The van der Waals surface area contributed by atoms with Crippen molar-refractivity contribution in [2.75, 3.05) is 0 Å². The van der Waals surface area contributed by atoms with Gasteiger partial charge in [-0.1, -0.05) is 13.8 Å². The number of carbonyl (C=O) groups is 1. The van der Waals surface area contributed by atoms with Gasteiger partial charge in [0.1, 0.15) is 5.60 Å². The number of hydrogen-bond acceptors (Lipinski definition) is 2. The molecule has 1 aliphatic rings. The SMILES string of the molecule is CC(C)C1CCC(C)(C=O)O1. The molecule has 0 aliphatic carbocycles. The maximum atomic E-state index is 10.6. The van der Waals surface area contributed by atoms with Crippen LogP contribution in [0.2, 0.25) is 0 Å². The van der Waals surface area contributed by atoms with Crippen LogP contribution in [0.3, 0.4) is 0 Å². The topological polar surface area (TPSA) is 26.3 Å². The minimum absolute atomic E-state index is 0.283.